The maximum Gasteiger partial charge on any atom is 0.329 e. The summed E-state index contributed by atoms with van der Waals surface area (Å²) in [6, 6.07) is 0. The van der Waals surface area contributed by atoms with Crippen LogP contribution in [-0.2, 0) is 9.53 Å². The molecule has 0 N–H and O–H groups in total. The Morgan fingerprint density at radius 1 is 1.80 bits per heavy atom. The molecule has 0 rings (SSSR count). The SMILES string of the molecule is CCOC(=O)C(Cl)C(C)=S. The van der Waals surface area contributed by atoms with Crippen LogP contribution in [0, 0.1) is 0 Å². The third kappa shape index (κ3) is 3.13. The molecule has 0 fully saturated rings. The lowest BCUT2D eigenvalue weighted by Gasteiger charge is -2.05. The molecule has 0 spiro atoms. The summed E-state index contributed by atoms with van der Waals surface area (Å²) in [7, 11) is 0. The number of thiocarbonyl (C=S) groups is 1. The minimum Gasteiger partial charge on any atom is -0.465 e. The molecule has 0 saturated heterocycles. The number of alkyl halides is 1. The van der Waals surface area contributed by atoms with E-state index in [-0.39, 0.29) is 0 Å². The van der Waals surface area contributed by atoms with Crippen molar-refractivity contribution in [1.29, 1.82) is 0 Å². The summed E-state index contributed by atoms with van der Waals surface area (Å²) in [6.07, 6.45) is 0. The van der Waals surface area contributed by atoms with Crippen LogP contribution < -0.4 is 0 Å². The van der Waals surface area contributed by atoms with E-state index in [0.29, 0.717) is 11.5 Å². The van der Waals surface area contributed by atoms with E-state index >= 15 is 0 Å². The van der Waals surface area contributed by atoms with E-state index in [9.17, 15) is 4.79 Å². The third-order valence-corrected chi connectivity index (χ3v) is 1.72. The molecule has 0 amide bonds. The maximum atomic E-state index is 10.7. The zero-order valence-corrected chi connectivity index (χ0v) is 7.46. The van der Waals surface area contributed by atoms with Gasteiger partial charge in [-0.05, 0) is 13.8 Å². The van der Waals surface area contributed by atoms with Crippen LogP contribution in [0.25, 0.3) is 0 Å². The summed E-state index contributed by atoms with van der Waals surface area (Å²) in [5.74, 6) is -0.461. The molecule has 0 aromatic carbocycles. The average Bonchev–Trinajstić information content (AvgIpc) is 1.87. The molecule has 0 bridgehead atoms. The van der Waals surface area contributed by atoms with Crippen molar-refractivity contribution in [3.05, 3.63) is 0 Å². The topological polar surface area (TPSA) is 26.3 Å². The first-order valence-electron chi connectivity index (χ1n) is 2.90. The number of ether oxygens (including phenoxy) is 1. The molecule has 0 saturated carbocycles. The van der Waals surface area contributed by atoms with Gasteiger partial charge in [0.1, 0.15) is 0 Å². The smallest absolute Gasteiger partial charge is 0.329 e. The van der Waals surface area contributed by atoms with Crippen molar-refractivity contribution in [3.63, 3.8) is 0 Å². The van der Waals surface area contributed by atoms with E-state index in [2.05, 4.69) is 17.0 Å². The van der Waals surface area contributed by atoms with E-state index in [0.717, 1.165) is 0 Å². The van der Waals surface area contributed by atoms with E-state index in [1.54, 1.807) is 13.8 Å². The number of carbonyl (C=O) groups is 1. The second-order valence-corrected chi connectivity index (χ2v) is 2.81. The largest absolute Gasteiger partial charge is 0.465 e. The molecule has 1 atom stereocenters. The van der Waals surface area contributed by atoms with Crippen molar-refractivity contribution in [2.75, 3.05) is 6.61 Å². The molecule has 2 nitrogen and oxygen atoms in total. The molecule has 0 aliphatic rings. The minimum atomic E-state index is -0.769. The molecular formula is C6H9ClO2S. The summed E-state index contributed by atoms with van der Waals surface area (Å²) < 4.78 is 4.61. The lowest BCUT2D eigenvalue weighted by atomic mass is 10.3. The maximum absolute atomic E-state index is 10.7. The second-order valence-electron chi connectivity index (χ2n) is 1.73. The van der Waals surface area contributed by atoms with Crippen molar-refractivity contribution < 1.29 is 9.53 Å². The molecule has 0 aromatic heterocycles. The molecule has 58 valence electrons. The fourth-order valence-electron chi connectivity index (χ4n) is 0.381. The molecule has 10 heavy (non-hydrogen) atoms. The van der Waals surface area contributed by atoms with Crippen LogP contribution in [0.15, 0.2) is 0 Å². The van der Waals surface area contributed by atoms with Gasteiger partial charge in [-0.2, -0.15) is 0 Å². The van der Waals surface area contributed by atoms with Gasteiger partial charge in [-0.25, -0.2) is 0 Å². The summed E-state index contributed by atoms with van der Waals surface area (Å²) >= 11 is 10.2. The van der Waals surface area contributed by atoms with Gasteiger partial charge in [0.25, 0.3) is 0 Å². The zero-order chi connectivity index (χ0) is 8.15. The van der Waals surface area contributed by atoms with E-state index in [1.807, 2.05) is 0 Å². The van der Waals surface area contributed by atoms with Crippen LogP contribution in [0.1, 0.15) is 13.8 Å². The normalized spacial score (nSPS) is 12.3. The lowest BCUT2D eigenvalue weighted by molar-refractivity contribution is -0.141. The van der Waals surface area contributed by atoms with Crippen LogP contribution >= 0.6 is 23.8 Å². The number of rotatable bonds is 3. The average molecular weight is 181 g/mol. The molecule has 4 heteroatoms. The predicted molar refractivity (Wildman–Crippen MR) is 44.5 cm³/mol. The molecule has 1 unspecified atom stereocenters. The summed E-state index contributed by atoms with van der Waals surface area (Å²) in [5, 5.41) is -0.769. The van der Waals surface area contributed by atoms with Gasteiger partial charge < -0.3 is 4.74 Å². The Hall–Kier alpha value is -0.150. The van der Waals surface area contributed by atoms with Crippen LogP contribution in [-0.4, -0.2) is 22.8 Å². The van der Waals surface area contributed by atoms with Crippen molar-refractivity contribution in [1.82, 2.24) is 0 Å². The van der Waals surface area contributed by atoms with Gasteiger partial charge >= 0.3 is 5.97 Å². The Kier molecular flexibility index (Phi) is 4.56. The molecular weight excluding hydrogens is 172 g/mol. The molecule has 0 aliphatic heterocycles. The summed E-state index contributed by atoms with van der Waals surface area (Å²) in [6.45, 7) is 3.68. The van der Waals surface area contributed by atoms with E-state index < -0.39 is 11.3 Å². The highest BCUT2D eigenvalue weighted by atomic mass is 35.5. The fourth-order valence-corrected chi connectivity index (χ4v) is 0.541. The van der Waals surface area contributed by atoms with Gasteiger partial charge in [0.2, 0.25) is 0 Å². The van der Waals surface area contributed by atoms with Crippen molar-refractivity contribution in [3.8, 4) is 0 Å². The Morgan fingerprint density at radius 2 is 2.30 bits per heavy atom. The first-order valence-corrected chi connectivity index (χ1v) is 3.75. The van der Waals surface area contributed by atoms with Crippen molar-refractivity contribution in [2.45, 2.75) is 19.2 Å². The monoisotopic (exact) mass is 180 g/mol. The van der Waals surface area contributed by atoms with Crippen molar-refractivity contribution >= 4 is 34.7 Å². The van der Waals surface area contributed by atoms with Crippen molar-refractivity contribution in [2.24, 2.45) is 0 Å². The quantitative estimate of drug-likeness (QED) is 0.375. The Labute approximate surface area is 70.5 Å². The Bertz CT molecular complexity index is 147. The number of halogens is 1. The first kappa shape index (κ1) is 9.85. The van der Waals surface area contributed by atoms with Crippen LogP contribution in [0.3, 0.4) is 0 Å². The van der Waals surface area contributed by atoms with Gasteiger partial charge in [-0.15, -0.1) is 11.6 Å². The predicted octanol–water partition coefficient (Wildman–Crippen LogP) is 1.55. The summed E-state index contributed by atoms with van der Waals surface area (Å²) in [5.41, 5.74) is 0. The molecule has 0 heterocycles. The van der Waals surface area contributed by atoms with E-state index in [4.69, 9.17) is 11.6 Å². The van der Waals surface area contributed by atoms with Gasteiger partial charge in [0.05, 0.1) is 6.61 Å². The van der Waals surface area contributed by atoms with Gasteiger partial charge in [0.15, 0.2) is 5.38 Å². The third-order valence-electron chi connectivity index (χ3n) is 0.850. The highest BCUT2D eigenvalue weighted by Crippen LogP contribution is 2.01. The van der Waals surface area contributed by atoms with E-state index in [1.165, 1.54) is 0 Å². The number of hydrogen-bond acceptors (Lipinski definition) is 3. The first-order chi connectivity index (χ1) is 4.59. The number of esters is 1. The Balaban J connectivity index is 3.82. The number of carbonyl (C=O) groups excluding carboxylic acids is 1. The highest BCUT2D eigenvalue weighted by Gasteiger charge is 2.17. The number of hydrogen-bond donors (Lipinski definition) is 0. The summed E-state index contributed by atoms with van der Waals surface area (Å²) in [4.78, 5) is 11.2. The van der Waals surface area contributed by atoms with Gasteiger partial charge in [-0.3, -0.25) is 4.79 Å². The molecule has 0 aromatic rings. The zero-order valence-electron chi connectivity index (χ0n) is 5.89. The Morgan fingerprint density at radius 3 is 2.60 bits per heavy atom. The van der Waals surface area contributed by atoms with Gasteiger partial charge in [0, 0.05) is 4.86 Å². The molecule has 0 radical (unpaired) electrons. The van der Waals surface area contributed by atoms with Crippen LogP contribution in [0.5, 0.6) is 0 Å². The van der Waals surface area contributed by atoms with Crippen LogP contribution in [0.4, 0.5) is 0 Å². The molecule has 0 aliphatic carbocycles. The minimum absolute atomic E-state index is 0.338. The highest BCUT2D eigenvalue weighted by molar-refractivity contribution is 7.80. The fraction of sp³-hybridized carbons (Fsp3) is 0.667. The second kappa shape index (κ2) is 4.63. The lowest BCUT2D eigenvalue weighted by Crippen LogP contribution is -2.23. The standard InChI is InChI=1S/C6H9ClO2S/c1-3-9-6(8)5(7)4(2)10/h5H,3H2,1-2H3. The van der Waals surface area contributed by atoms with Gasteiger partial charge in [-0.1, -0.05) is 12.2 Å². The van der Waals surface area contributed by atoms with Crippen LogP contribution in [0.2, 0.25) is 0 Å².